The van der Waals surface area contributed by atoms with E-state index < -0.39 is 47.3 Å². The first kappa shape index (κ1) is 40.0. The van der Waals surface area contributed by atoms with Gasteiger partial charge in [0, 0.05) is 16.9 Å². The van der Waals surface area contributed by atoms with Crippen LogP contribution in [0.15, 0.2) is 84.9 Å². The molecule has 0 radical (unpaired) electrons. The number of rotatable bonds is 6. The molecule has 5 aromatic rings. The fourth-order valence-corrected chi connectivity index (χ4v) is 4.71. The topological polar surface area (TPSA) is 139 Å². The molecule has 0 aliphatic carbocycles. The summed E-state index contributed by atoms with van der Waals surface area (Å²) in [6.07, 6.45) is -9.17. The van der Waals surface area contributed by atoms with E-state index in [0.717, 1.165) is 36.4 Å². The third-order valence-electron chi connectivity index (χ3n) is 7.07. The molecule has 2 aromatic heterocycles. The van der Waals surface area contributed by atoms with E-state index in [1.165, 1.54) is 62.4 Å². The maximum Gasteiger partial charge on any atom is 0.433 e. The number of hydrogen-bond acceptors (Lipinski definition) is 6. The van der Waals surface area contributed by atoms with Crippen LogP contribution in [-0.4, -0.2) is 27.7 Å². The molecule has 276 valence electrons. The van der Waals surface area contributed by atoms with Crippen molar-refractivity contribution in [3.63, 3.8) is 0 Å². The molecule has 3 amide bonds. The highest BCUT2D eigenvalue weighted by atomic mass is 35.5. The molecular weight excluding hydrogens is 756 g/mol. The Morgan fingerprint density at radius 3 is 1.49 bits per heavy atom. The minimum atomic E-state index is -4.62. The molecule has 5 rings (SSSR count). The molecule has 53 heavy (non-hydrogen) atoms. The third-order valence-corrected chi connectivity index (χ3v) is 7.75. The van der Waals surface area contributed by atoms with E-state index in [0.29, 0.717) is 10.7 Å². The Hall–Kier alpha value is -5.74. The van der Waals surface area contributed by atoms with Crippen LogP contribution in [0, 0.1) is 19.7 Å². The van der Waals surface area contributed by atoms with Gasteiger partial charge in [0.25, 0.3) is 17.7 Å². The summed E-state index contributed by atoms with van der Waals surface area (Å²) in [7, 11) is 0. The summed E-state index contributed by atoms with van der Waals surface area (Å²) in [4.78, 5) is 43.7. The highest BCUT2D eigenvalue weighted by Gasteiger charge is 2.34. The predicted octanol–water partition coefficient (Wildman–Crippen LogP) is 9.60. The van der Waals surface area contributed by atoms with E-state index >= 15 is 0 Å². The van der Waals surface area contributed by atoms with Crippen LogP contribution in [0.25, 0.3) is 0 Å². The van der Waals surface area contributed by atoms with Crippen LogP contribution >= 0.6 is 23.2 Å². The average molecular weight is 782 g/mol. The molecule has 0 saturated heterocycles. The van der Waals surface area contributed by atoms with Crippen molar-refractivity contribution in [2.45, 2.75) is 26.2 Å². The second kappa shape index (κ2) is 16.3. The van der Waals surface area contributed by atoms with E-state index in [1.807, 2.05) is 0 Å². The molecule has 0 fully saturated rings. The molecule has 0 aliphatic rings. The van der Waals surface area contributed by atoms with Crippen molar-refractivity contribution in [2.75, 3.05) is 21.7 Å². The van der Waals surface area contributed by atoms with Crippen LogP contribution in [-0.2, 0) is 12.4 Å². The van der Waals surface area contributed by atoms with E-state index in [1.54, 1.807) is 0 Å². The first-order valence-corrected chi connectivity index (χ1v) is 15.6. The first-order chi connectivity index (χ1) is 24.7. The Morgan fingerprint density at radius 2 is 1.06 bits per heavy atom. The SMILES string of the molecule is Cc1nc(C(F)(F)F)ccc1C(=O)Nc1ccc(Cl)c(N)c1.Cc1nc(C(F)(F)F)ccc1C(=O)Nc1ccc(Cl)c(NC(=O)c2ccc(F)cc2)c1. The number of nitrogen functional groups attached to an aromatic ring is 1. The molecule has 9 nitrogen and oxygen atoms in total. The van der Waals surface area contributed by atoms with Crippen LogP contribution in [0.4, 0.5) is 53.5 Å². The van der Waals surface area contributed by atoms with Crippen molar-refractivity contribution in [1.29, 1.82) is 0 Å². The number of aryl methyl sites for hydroxylation is 2. The zero-order valence-corrected chi connectivity index (χ0v) is 28.7. The van der Waals surface area contributed by atoms with Crippen LogP contribution in [0.2, 0.25) is 10.0 Å². The zero-order chi connectivity index (χ0) is 39.2. The van der Waals surface area contributed by atoms with Crippen molar-refractivity contribution >= 4 is 63.7 Å². The number of carbonyl (C=O) groups excluding carboxylic acids is 3. The molecule has 0 saturated carbocycles. The lowest BCUT2D eigenvalue weighted by molar-refractivity contribution is -0.142. The summed E-state index contributed by atoms with van der Waals surface area (Å²) < 4.78 is 88.9. The Kier molecular flexibility index (Phi) is 12.3. The molecule has 0 aliphatic heterocycles. The number of aromatic nitrogens is 2. The van der Waals surface area contributed by atoms with Gasteiger partial charge in [-0.3, -0.25) is 14.4 Å². The molecular formula is C35H25Cl2F7N6O3. The van der Waals surface area contributed by atoms with Gasteiger partial charge in [0.1, 0.15) is 17.2 Å². The lowest BCUT2D eigenvalue weighted by Crippen LogP contribution is -2.17. The summed E-state index contributed by atoms with van der Waals surface area (Å²) >= 11 is 11.9. The number of anilines is 4. The van der Waals surface area contributed by atoms with Crippen LogP contribution in [0.5, 0.6) is 0 Å². The summed E-state index contributed by atoms with van der Waals surface area (Å²) in [5, 5.41) is 8.12. The normalized spacial score (nSPS) is 11.2. The van der Waals surface area contributed by atoms with E-state index in [2.05, 4.69) is 25.9 Å². The largest absolute Gasteiger partial charge is 0.433 e. The number of nitrogens with two attached hydrogens (primary N) is 1. The quantitative estimate of drug-likeness (QED) is 0.100. The van der Waals surface area contributed by atoms with Crippen molar-refractivity contribution < 1.29 is 45.1 Å². The fraction of sp³-hybridized carbons (Fsp3) is 0.114. The molecule has 0 bridgehead atoms. The zero-order valence-electron chi connectivity index (χ0n) is 27.2. The number of hydrogen-bond donors (Lipinski definition) is 4. The Balaban J connectivity index is 0.000000251. The van der Waals surface area contributed by atoms with Gasteiger partial charge >= 0.3 is 12.4 Å². The Labute approximate surface area is 306 Å². The smallest absolute Gasteiger partial charge is 0.397 e. The Bertz CT molecular complexity index is 2180. The second-order valence-corrected chi connectivity index (χ2v) is 11.8. The van der Waals surface area contributed by atoms with Crippen molar-refractivity contribution in [3.05, 3.63) is 140 Å². The summed E-state index contributed by atoms with van der Waals surface area (Å²) in [5.74, 6) is -2.31. The summed E-state index contributed by atoms with van der Waals surface area (Å²) in [6, 6.07) is 17.2. The van der Waals surface area contributed by atoms with Crippen molar-refractivity contribution in [3.8, 4) is 0 Å². The van der Waals surface area contributed by atoms with Gasteiger partial charge in [-0.2, -0.15) is 26.3 Å². The lowest BCUT2D eigenvalue weighted by Gasteiger charge is -2.12. The van der Waals surface area contributed by atoms with E-state index in [9.17, 15) is 45.1 Å². The summed E-state index contributed by atoms with van der Waals surface area (Å²) in [6.45, 7) is 2.63. The number of alkyl halides is 6. The minimum absolute atomic E-state index is 0.0192. The van der Waals surface area contributed by atoms with Crippen LogP contribution in [0.1, 0.15) is 53.8 Å². The number of nitrogens with zero attached hydrogens (tertiary/aromatic N) is 2. The van der Waals surface area contributed by atoms with Gasteiger partial charge in [0.15, 0.2) is 0 Å². The van der Waals surface area contributed by atoms with Gasteiger partial charge < -0.3 is 21.7 Å². The van der Waals surface area contributed by atoms with Crippen molar-refractivity contribution in [2.24, 2.45) is 0 Å². The Morgan fingerprint density at radius 1 is 0.604 bits per heavy atom. The second-order valence-electron chi connectivity index (χ2n) is 11.0. The van der Waals surface area contributed by atoms with Gasteiger partial charge in [-0.05, 0) is 98.8 Å². The van der Waals surface area contributed by atoms with Gasteiger partial charge in [-0.15, -0.1) is 0 Å². The number of amides is 3. The number of halogens is 9. The number of pyridine rings is 2. The summed E-state index contributed by atoms with van der Waals surface area (Å²) in [5.41, 5.74) is 4.63. The molecule has 0 spiro atoms. The average Bonchev–Trinajstić information content (AvgIpc) is 3.07. The van der Waals surface area contributed by atoms with E-state index in [4.69, 9.17) is 28.9 Å². The number of carbonyl (C=O) groups is 3. The predicted molar refractivity (Wildman–Crippen MR) is 186 cm³/mol. The molecule has 0 atom stereocenters. The molecule has 5 N–H and O–H groups in total. The minimum Gasteiger partial charge on any atom is -0.397 e. The number of benzene rings is 3. The van der Waals surface area contributed by atoms with Gasteiger partial charge in [-0.25, -0.2) is 14.4 Å². The van der Waals surface area contributed by atoms with Gasteiger partial charge in [0.2, 0.25) is 0 Å². The van der Waals surface area contributed by atoms with Crippen LogP contribution < -0.4 is 21.7 Å². The first-order valence-electron chi connectivity index (χ1n) is 14.9. The highest BCUT2D eigenvalue weighted by molar-refractivity contribution is 6.34. The fourth-order valence-electron chi connectivity index (χ4n) is 4.43. The van der Waals surface area contributed by atoms with Gasteiger partial charge in [-0.1, -0.05) is 23.2 Å². The van der Waals surface area contributed by atoms with Gasteiger partial charge in [0.05, 0.1) is 43.9 Å². The number of nitrogens with one attached hydrogen (secondary N) is 3. The maximum atomic E-state index is 13.0. The standard InChI is InChI=1S/C21H14ClF4N3O2.C14H11ClF3N3O/c1-11-15(7-9-18(27-11)21(24,25)26)20(31)28-14-6-8-16(22)17(10-14)29-19(30)12-2-4-13(23)5-3-12;1-7-9(3-5-12(20-7)14(16,17)18)13(22)21-8-2-4-10(15)11(19)6-8/h2-10H,1H3,(H,28,31)(H,29,30);2-6H,19H2,1H3,(H,21,22). The van der Waals surface area contributed by atoms with Crippen molar-refractivity contribution in [1.82, 2.24) is 9.97 Å². The molecule has 18 heteroatoms. The van der Waals surface area contributed by atoms with E-state index in [-0.39, 0.29) is 50.2 Å². The third kappa shape index (κ3) is 10.6. The molecule has 2 heterocycles. The molecule has 0 unspecified atom stereocenters. The maximum absolute atomic E-state index is 13.0. The molecule has 3 aromatic carbocycles. The monoisotopic (exact) mass is 780 g/mol. The lowest BCUT2D eigenvalue weighted by atomic mass is 10.1. The highest BCUT2D eigenvalue weighted by Crippen LogP contribution is 2.31. The van der Waals surface area contributed by atoms with Crippen LogP contribution in [0.3, 0.4) is 0 Å².